The first-order valence-corrected chi connectivity index (χ1v) is 12.1. The summed E-state index contributed by atoms with van der Waals surface area (Å²) in [7, 11) is 1.63. The van der Waals surface area contributed by atoms with Gasteiger partial charge in [-0.05, 0) is 41.3 Å². The third-order valence-corrected chi connectivity index (χ3v) is 7.76. The fraction of sp³-hybridized carbons (Fsp3) is 0.421. The molecule has 0 unspecified atom stereocenters. The van der Waals surface area contributed by atoms with Crippen LogP contribution in [0.4, 0.5) is 0 Å². The Morgan fingerprint density at radius 2 is 2.28 bits per heavy atom. The molecule has 154 valence electrons. The van der Waals surface area contributed by atoms with Gasteiger partial charge < -0.3 is 9.64 Å². The molecule has 0 aromatic carbocycles. The number of methoxy groups -OCH3 is 1. The van der Waals surface area contributed by atoms with Crippen molar-refractivity contribution in [3.63, 3.8) is 0 Å². The molecule has 4 heterocycles. The zero-order chi connectivity index (χ0) is 20.2. The van der Waals surface area contributed by atoms with E-state index in [4.69, 9.17) is 4.74 Å². The number of hydrogen-bond donors (Lipinski definition) is 1. The third-order valence-electron chi connectivity index (χ3n) is 4.88. The number of nitrogens with zero attached hydrogens (tertiary/aromatic N) is 3. The van der Waals surface area contributed by atoms with E-state index in [9.17, 15) is 9.59 Å². The van der Waals surface area contributed by atoms with Crippen molar-refractivity contribution in [3.8, 4) is 0 Å². The minimum absolute atomic E-state index is 0.0267. The number of carbonyl (C=O) groups is 1. The summed E-state index contributed by atoms with van der Waals surface area (Å²) in [6, 6.07) is 6.23. The van der Waals surface area contributed by atoms with Gasteiger partial charge >= 0.3 is 5.69 Å². The molecule has 0 radical (unpaired) electrons. The summed E-state index contributed by atoms with van der Waals surface area (Å²) >= 11 is 4.75. The maximum Gasteiger partial charge on any atom is 0.343 e. The predicted molar refractivity (Wildman–Crippen MR) is 116 cm³/mol. The number of aromatic amines is 1. The molecule has 1 aliphatic rings. The molecule has 0 bridgehead atoms. The Morgan fingerprint density at radius 1 is 1.38 bits per heavy atom. The SMILES string of the molecule is COCCCn1c(SCC(=O)N2CCc3sccc3[C@@H]2c2cccs2)n[nH]c1=O. The first kappa shape index (κ1) is 20.4. The average Bonchev–Trinajstić information content (AvgIpc) is 3.47. The number of rotatable bonds is 8. The molecule has 10 heteroatoms. The van der Waals surface area contributed by atoms with E-state index in [1.54, 1.807) is 34.4 Å². The molecule has 1 N–H and O–H groups in total. The molecule has 0 spiro atoms. The number of fused-ring (bicyclic) bond motifs is 1. The standard InChI is InChI=1S/C19H22N4O3S3/c1-26-9-3-7-23-18(25)20-21-19(23)29-12-16(24)22-8-5-14-13(6-11-28-14)17(22)15-4-2-10-27-15/h2,4,6,10-11,17H,3,5,7-9,12H2,1H3,(H,20,25)/t17-/m1/s1. The van der Waals surface area contributed by atoms with E-state index in [1.165, 1.54) is 27.1 Å². The maximum atomic E-state index is 13.2. The van der Waals surface area contributed by atoms with Crippen LogP contribution in [-0.4, -0.2) is 51.6 Å². The second-order valence-electron chi connectivity index (χ2n) is 6.65. The first-order valence-electron chi connectivity index (χ1n) is 9.35. The lowest BCUT2D eigenvalue weighted by Gasteiger charge is -2.35. The molecule has 1 aliphatic heterocycles. The Labute approximate surface area is 180 Å². The fourth-order valence-corrected chi connectivity index (χ4v) is 6.14. The molecule has 4 rings (SSSR count). The Hall–Kier alpha value is -1.88. The van der Waals surface area contributed by atoms with Gasteiger partial charge in [0.15, 0.2) is 5.16 Å². The zero-order valence-electron chi connectivity index (χ0n) is 16.0. The van der Waals surface area contributed by atoms with Gasteiger partial charge in [0.2, 0.25) is 5.91 Å². The van der Waals surface area contributed by atoms with Crippen LogP contribution in [0.3, 0.4) is 0 Å². The summed E-state index contributed by atoms with van der Waals surface area (Å²) in [5.41, 5.74) is 0.978. The average molecular weight is 451 g/mol. The minimum Gasteiger partial charge on any atom is -0.385 e. The number of amides is 1. The highest BCUT2D eigenvalue weighted by Crippen LogP contribution is 2.39. The Balaban J connectivity index is 1.48. The van der Waals surface area contributed by atoms with Crippen molar-refractivity contribution in [2.75, 3.05) is 26.0 Å². The number of H-pyrrole nitrogens is 1. The van der Waals surface area contributed by atoms with Crippen LogP contribution in [0.2, 0.25) is 0 Å². The largest absolute Gasteiger partial charge is 0.385 e. The minimum atomic E-state index is -0.256. The Kier molecular flexibility index (Phi) is 6.53. The van der Waals surface area contributed by atoms with Gasteiger partial charge in [-0.15, -0.1) is 27.8 Å². The van der Waals surface area contributed by atoms with Gasteiger partial charge in [0, 0.05) is 36.6 Å². The summed E-state index contributed by atoms with van der Waals surface area (Å²) in [4.78, 5) is 29.7. The molecule has 0 saturated heterocycles. The number of hydrogen-bond acceptors (Lipinski definition) is 7. The van der Waals surface area contributed by atoms with Crippen LogP contribution in [0.15, 0.2) is 38.9 Å². The summed E-state index contributed by atoms with van der Waals surface area (Å²) in [5, 5.41) is 11.3. The van der Waals surface area contributed by atoms with Crippen molar-refractivity contribution in [3.05, 3.63) is 54.8 Å². The molecule has 3 aromatic heterocycles. The lowest BCUT2D eigenvalue weighted by atomic mass is 9.98. The molecule has 1 atom stereocenters. The summed E-state index contributed by atoms with van der Waals surface area (Å²) in [6.07, 6.45) is 1.60. The van der Waals surface area contributed by atoms with Crippen LogP contribution in [0.1, 0.15) is 27.8 Å². The number of carbonyl (C=O) groups excluding carboxylic acids is 1. The Morgan fingerprint density at radius 3 is 3.07 bits per heavy atom. The number of nitrogens with one attached hydrogen (secondary N) is 1. The van der Waals surface area contributed by atoms with Crippen LogP contribution in [0, 0.1) is 0 Å². The van der Waals surface area contributed by atoms with Gasteiger partial charge in [-0.2, -0.15) is 0 Å². The van der Waals surface area contributed by atoms with Crippen LogP contribution >= 0.6 is 34.4 Å². The highest BCUT2D eigenvalue weighted by molar-refractivity contribution is 7.99. The smallest absolute Gasteiger partial charge is 0.343 e. The molecule has 7 nitrogen and oxygen atoms in total. The molecule has 1 amide bonds. The highest BCUT2D eigenvalue weighted by atomic mass is 32.2. The van der Waals surface area contributed by atoms with E-state index in [0.29, 0.717) is 31.3 Å². The normalized spacial score (nSPS) is 16.2. The fourth-order valence-electron chi connectivity index (χ4n) is 3.53. The molecule has 0 fully saturated rings. The predicted octanol–water partition coefficient (Wildman–Crippen LogP) is 3.00. The number of thioether (sulfide) groups is 1. The molecule has 0 saturated carbocycles. The second-order valence-corrected chi connectivity index (χ2v) is 9.57. The van der Waals surface area contributed by atoms with Crippen molar-refractivity contribution in [1.29, 1.82) is 0 Å². The van der Waals surface area contributed by atoms with Gasteiger partial charge in [-0.3, -0.25) is 9.36 Å². The van der Waals surface area contributed by atoms with E-state index in [-0.39, 0.29) is 23.4 Å². The molecular formula is C19H22N4O3S3. The first-order chi connectivity index (χ1) is 14.2. The Bertz CT molecular complexity index is 1010. The second kappa shape index (κ2) is 9.29. The lowest BCUT2D eigenvalue weighted by Crippen LogP contribution is -2.40. The maximum absolute atomic E-state index is 13.2. The molecular weight excluding hydrogens is 428 g/mol. The quantitative estimate of drug-likeness (QED) is 0.422. The number of aromatic nitrogens is 3. The number of thiophene rings is 2. The van der Waals surface area contributed by atoms with Gasteiger partial charge in [0.05, 0.1) is 11.8 Å². The van der Waals surface area contributed by atoms with Crippen molar-refractivity contribution < 1.29 is 9.53 Å². The van der Waals surface area contributed by atoms with Crippen molar-refractivity contribution >= 4 is 40.3 Å². The van der Waals surface area contributed by atoms with Gasteiger partial charge in [0.25, 0.3) is 0 Å². The van der Waals surface area contributed by atoms with Crippen molar-refractivity contribution in [2.24, 2.45) is 0 Å². The summed E-state index contributed by atoms with van der Waals surface area (Å²) in [5.74, 6) is 0.305. The van der Waals surface area contributed by atoms with E-state index in [2.05, 4.69) is 33.1 Å². The van der Waals surface area contributed by atoms with E-state index >= 15 is 0 Å². The van der Waals surface area contributed by atoms with Gasteiger partial charge in [-0.25, -0.2) is 9.89 Å². The van der Waals surface area contributed by atoms with Crippen LogP contribution in [0.5, 0.6) is 0 Å². The van der Waals surface area contributed by atoms with E-state index in [0.717, 1.165) is 6.42 Å². The molecule has 0 aliphatic carbocycles. The van der Waals surface area contributed by atoms with Gasteiger partial charge in [0.1, 0.15) is 0 Å². The van der Waals surface area contributed by atoms with Crippen molar-refractivity contribution in [1.82, 2.24) is 19.7 Å². The number of ether oxygens (including phenoxy) is 1. The van der Waals surface area contributed by atoms with Crippen LogP contribution in [-0.2, 0) is 22.5 Å². The molecule has 29 heavy (non-hydrogen) atoms. The lowest BCUT2D eigenvalue weighted by molar-refractivity contribution is -0.130. The third kappa shape index (κ3) is 4.35. The monoisotopic (exact) mass is 450 g/mol. The highest BCUT2D eigenvalue weighted by Gasteiger charge is 2.33. The zero-order valence-corrected chi connectivity index (χ0v) is 18.4. The van der Waals surface area contributed by atoms with Crippen LogP contribution in [0.25, 0.3) is 0 Å². The van der Waals surface area contributed by atoms with Crippen molar-refractivity contribution in [2.45, 2.75) is 30.6 Å². The topological polar surface area (TPSA) is 80.2 Å². The van der Waals surface area contributed by atoms with E-state index < -0.39 is 0 Å². The van der Waals surface area contributed by atoms with E-state index in [1.807, 2.05) is 11.0 Å². The van der Waals surface area contributed by atoms with Gasteiger partial charge in [-0.1, -0.05) is 17.8 Å². The van der Waals surface area contributed by atoms with Crippen LogP contribution < -0.4 is 5.69 Å². The summed E-state index contributed by atoms with van der Waals surface area (Å²) in [6.45, 7) is 1.79. The molecule has 3 aromatic rings. The summed E-state index contributed by atoms with van der Waals surface area (Å²) < 4.78 is 6.63.